The molecule has 0 aromatic rings. The number of nitrogens with two attached hydrogens (primary N) is 1. The summed E-state index contributed by atoms with van der Waals surface area (Å²) in [5.41, 5.74) is 4.99. The van der Waals surface area contributed by atoms with Crippen molar-refractivity contribution < 1.29 is 28.8 Å². The standard InChI is InChI=1S/C19H29N5O6.C2H6/c1-11(2)17(28)13(5-4-9-21-19(20)30)23-18(29)12(3)22-14(25)8-10-24-15(26)6-7-16(24)27;1-2/h6-7,11-13H,4-5,8-10H2,1-3H3,(H,22,25)(H,23,29)(H3,20,21,30);1-2H3/t12-,13-;/m0./s1. The van der Waals surface area contributed by atoms with E-state index in [1.54, 1.807) is 13.8 Å². The highest BCUT2D eigenvalue weighted by Gasteiger charge is 2.27. The zero-order chi connectivity index (χ0) is 24.8. The van der Waals surface area contributed by atoms with Crippen LogP contribution in [-0.4, -0.2) is 65.5 Å². The van der Waals surface area contributed by atoms with Gasteiger partial charge >= 0.3 is 6.03 Å². The highest BCUT2D eigenvalue weighted by atomic mass is 16.2. The monoisotopic (exact) mass is 453 g/mol. The number of Topliss-reactive ketones (excluding diaryl/α,β-unsaturated/α-hetero) is 1. The number of carbonyl (C=O) groups is 6. The van der Waals surface area contributed by atoms with Crippen LogP contribution in [0.5, 0.6) is 0 Å². The van der Waals surface area contributed by atoms with Crippen molar-refractivity contribution in [2.24, 2.45) is 11.7 Å². The Morgan fingerprint density at radius 1 is 1.00 bits per heavy atom. The second-order valence-corrected chi connectivity index (χ2v) is 7.25. The lowest BCUT2D eigenvalue weighted by Gasteiger charge is -2.22. The number of nitrogens with one attached hydrogen (secondary N) is 3. The van der Waals surface area contributed by atoms with Gasteiger partial charge < -0.3 is 21.7 Å². The molecular formula is C21H35N5O6. The Labute approximate surface area is 188 Å². The van der Waals surface area contributed by atoms with Crippen molar-refractivity contribution in [1.29, 1.82) is 0 Å². The van der Waals surface area contributed by atoms with Gasteiger partial charge in [-0.25, -0.2) is 4.79 Å². The normalized spacial score (nSPS) is 14.4. The topological polar surface area (TPSA) is 168 Å². The summed E-state index contributed by atoms with van der Waals surface area (Å²) in [5.74, 6) is -2.50. The van der Waals surface area contributed by atoms with Gasteiger partial charge in [-0.3, -0.25) is 28.9 Å². The van der Waals surface area contributed by atoms with E-state index in [0.717, 1.165) is 17.1 Å². The van der Waals surface area contributed by atoms with Gasteiger partial charge in [-0.1, -0.05) is 27.7 Å². The SMILES string of the molecule is CC.CC(C)C(=O)[C@H](CCCNC(N)=O)NC(=O)[C@H](C)NC(=O)CCN1C(=O)C=CC1=O. The summed E-state index contributed by atoms with van der Waals surface area (Å²) in [4.78, 5) is 71.4. The summed E-state index contributed by atoms with van der Waals surface area (Å²) in [6.07, 6.45) is 2.83. The van der Waals surface area contributed by atoms with Crippen molar-refractivity contribution in [2.45, 2.75) is 66.0 Å². The van der Waals surface area contributed by atoms with Crippen molar-refractivity contribution in [3.05, 3.63) is 12.2 Å². The zero-order valence-electron chi connectivity index (χ0n) is 19.4. The van der Waals surface area contributed by atoms with Gasteiger partial charge in [0.1, 0.15) is 6.04 Å². The molecule has 0 bridgehead atoms. The molecule has 0 saturated carbocycles. The van der Waals surface area contributed by atoms with E-state index < -0.39 is 41.7 Å². The van der Waals surface area contributed by atoms with E-state index in [9.17, 15) is 28.8 Å². The number of nitrogens with zero attached hydrogens (tertiary/aromatic N) is 1. The van der Waals surface area contributed by atoms with Crippen molar-refractivity contribution in [3.8, 4) is 0 Å². The van der Waals surface area contributed by atoms with E-state index >= 15 is 0 Å². The molecule has 5 N–H and O–H groups in total. The first-order valence-electron chi connectivity index (χ1n) is 10.7. The molecule has 1 heterocycles. The summed E-state index contributed by atoms with van der Waals surface area (Å²) < 4.78 is 0. The summed E-state index contributed by atoms with van der Waals surface area (Å²) in [5, 5.41) is 7.53. The average molecular weight is 454 g/mol. The first-order valence-corrected chi connectivity index (χ1v) is 10.7. The zero-order valence-corrected chi connectivity index (χ0v) is 19.4. The summed E-state index contributed by atoms with van der Waals surface area (Å²) in [6.45, 7) is 9.06. The summed E-state index contributed by atoms with van der Waals surface area (Å²) in [7, 11) is 0. The molecule has 0 aromatic carbocycles. The van der Waals surface area contributed by atoms with Crippen LogP contribution in [0.25, 0.3) is 0 Å². The molecule has 2 atom stereocenters. The van der Waals surface area contributed by atoms with Crippen LogP contribution in [0.15, 0.2) is 12.2 Å². The molecule has 0 saturated heterocycles. The van der Waals surface area contributed by atoms with Crippen LogP contribution < -0.4 is 21.7 Å². The molecule has 0 aromatic heterocycles. The molecule has 0 radical (unpaired) electrons. The van der Waals surface area contributed by atoms with Gasteiger partial charge in [-0.15, -0.1) is 0 Å². The highest BCUT2D eigenvalue weighted by Crippen LogP contribution is 2.07. The third kappa shape index (κ3) is 10.2. The van der Waals surface area contributed by atoms with E-state index in [1.807, 2.05) is 13.8 Å². The Hall–Kier alpha value is -3.24. The van der Waals surface area contributed by atoms with Crippen molar-refractivity contribution in [2.75, 3.05) is 13.1 Å². The Bertz CT molecular complexity index is 716. The number of rotatable bonds is 12. The number of imide groups is 1. The van der Waals surface area contributed by atoms with Crippen molar-refractivity contribution in [3.63, 3.8) is 0 Å². The van der Waals surface area contributed by atoms with E-state index in [0.29, 0.717) is 12.8 Å². The third-order valence-corrected chi connectivity index (χ3v) is 4.43. The number of primary amides is 1. The van der Waals surface area contributed by atoms with Crippen LogP contribution in [0, 0.1) is 5.92 Å². The molecule has 0 fully saturated rings. The highest BCUT2D eigenvalue weighted by molar-refractivity contribution is 6.13. The van der Waals surface area contributed by atoms with Crippen LogP contribution in [0.1, 0.15) is 53.9 Å². The molecule has 11 heteroatoms. The molecule has 32 heavy (non-hydrogen) atoms. The average Bonchev–Trinajstić information content (AvgIpc) is 3.06. The van der Waals surface area contributed by atoms with E-state index in [-0.39, 0.29) is 31.2 Å². The molecule has 0 unspecified atom stereocenters. The van der Waals surface area contributed by atoms with E-state index in [2.05, 4.69) is 16.0 Å². The molecule has 0 spiro atoms. The van der Waals surface area contributed by atoms with Gasteiger partial charge in [0, 0.05) is 37.6 Å². The van der Waals surface area contributed by atoms with Gasteiger partial charge in [-0.05, 0) is 19.8 Å². The largest absolute Gasteiger partial charge is 0.352 e. The van der Waals surface area contributed by atoms with Crippen molar-refractivity contribution in [1.82, 2.24) is 20.9 Å². The van der Waals surface area contributed by atoms with Crippen LogP contribution in [0.2, 0.25) is 0 Å². The Kier molecular flexibility index (Phi) is 13.2. The maximum atomic E-state index is 12.4. The number of hydrogen-bond acceptors (Lipinski definition) is 6. The minimum absolute atomic E-state index is 0.0911. The van der Waals surface area contributed by atoms with Crippen LogP contribution in [0.4, 0.5) is 4.79 Å². The second kappa shape index (κ2) is 14.7. The number of amides is 6. The lowest BCUT2D eigenvalue weighted by molar-refractivity contribution is -0.137. The molecule has 180 valence electrons. The second-order valence-electron chi connectivity index (χ2n) is 7.25. The molecule has 1 rings (SSSR count). The minimum Gasteiger partial charge on any atom is -0.352 e. The Morgan fingerprint density at radius 2 is 1.56 bits per heavy atom. The van der Waals surface area contributed by atoms with E-state index in [4.69, 9.17) is 5.73 Å². The van der Waals surface area contributed by atoms with E-state index in [1.165, 1.54) is 6.92 Å². The minimum atomic E-state index is -0.924. The molecule has 1 aliphatic rings. The fourth-order valence-corrected chi connectivity index (χ4v) is 2.75. The van der Waals surface area contributed by atoms with Crippen LogP contribution in [0.3, 0.4) is 0 Å². The number of hydrogen-bond donors (Lipinski definition) is 4. The van der Waals surface area contributed by atoms with Gasteiger partial charge in [0.15, 0.2) is 5.78 Å². The third-order valence-electron chi connectivity index (χ3n) is 4.43. The van der Waals surface area contributed by atoms with Crippen molar-refractivity contribution >= 4 is 35.4 Å². The Morgan fingerprint density at radius 3 is 2.06 bits per heavy atom. The quantitative estimate of drug-likeness (QED) is 0.239. The number of urea groups is 1. The first-order chi connectivity index (χ1) is 15.0. The lowest BCUT2D eigenvalue weighted by Crippen LogP contribution is -2.51. The maximum Gasteiger partial charge on any atom is 0.312 e. The first kappa shape index (κ1) is 28.8. The van der Waals surface area contributed by atoms with Crippen LogP contribution in [-0.2, 0) is 24.0 Å². The van der Waals surface area contributed by atoms with Crippen LogP contribution >= 0.6 is 0 Å². The summed E-state index contributed by atoms with van der Waals surface area (Å²) >= 11 is 0. The van der Waals surface area contributed by atoms with Gasteiger partial charge in [0.2, 0.25) is 11.8 Å². The molecule has 1 aliphatic heterocycles. The number of ketones is 1. The predicted octanol–water partition coefficient (Wildman–Crippen LogP) is -0.00920. The molecule has 0 aliphatic carbocycles. The Balaban J connectivity index is 0.00000466. The fraction of sp³-hybridized carbons (Fsp3) is 0.619. The van der Waals surface area contributed by atoms with Gasteiger partial charge in [0.05, 0.1) is 6.04 Å². The van der Waals surface area contributed by atoms with Gasteiger partial charge in [0.25, 0.3) is 11.8 Å². The summed E-state index contributed by atoms with van der Waals surface area (Å²) in [6, 6.07) is -2.36. The number of carbonyl (C=O) groups excluding carboxylic acids is 6. The molecule has 11 nitrogen and oxygen atoms in total. The predicted molar refractivity (Wildman–Crippen MR) is 118 cm³/mol. The smallest absolute Gasteiger partial charge is 0.312 e. The molecule has 6 amide bonds. The molecular weight excluding hydrogens is 418 g/mol. The fourth-order valence-electron chi connectivity index (χ4n) is 2.75. The lowest BCUT2D eigenvalue weighted by atomic mass is 9.97. The maximum absolute atomic E-state index is 12.4. The van der Waals surface area contributed by atoms with Gasteiger partial charge in [-0.2, -0.15) is 0 Å².